The SMILES string of the molecule is CC(C)CCCC(=O)CNCC(F)(F)F. The number of ketones is 1. The molecule has 0 heterocycles. The molecule has 0 aromatic carbocycles. The van der Waals surface area contributed by atoms with Crippen LogP contribution in [0.1, 0.15) is 33.1 Å². The van der Waals surface area contributed by atoms with Crippen molar-refractivity contribution in [2.45, 2.75) is 39.3 Å². The molecule has 0 aromatic heterocycles. The van der Waals surface area contributed by atoms with Crippen molar-refractivity contribution < 1.29 is 18.0 Å². The first-order chi connectivity index (χ1) is 6.81. The molecule has 0 fully saturated rings. The van der Waals surface area contributed by atoms with Crippen molar-refractivity contribution >= 4 is 5.78 Å². The van der Waals surface area contributed by atoms with Crippen molar-refractivity contribution in [3.8, 4) is 0 Å². The Morgan fingerprint density at radius 2 is 1.93 bits per heavy atom. The topological polar surface area (TPSA) is 29.1 Å². The fourth-order valence-electron chi connectivity index (χ4n) is 1.14. The Bertz CT molecular complexity index is 190. The fraction of sp³-hybridized carbons (Fsp3) is 0.900. The minimum Gasteiger partial charge on any atom is -0.302 e. The Morgan fingerprint density at radius 1 is 1.33 bits per heavy atom. The standard InChI is InChI=1S/C10H18F3NO/c1-8(2)4-3-5-9(15)6-14-7-10(11,12)13/h8,14H,3-7H2,1-2H3. The summed E-state index contributed by atoms with van der Waals surface area (Å²) >= 11 is 0. The number of halogens is 3. The number of carbonyl (C=O) groups is 1. The number of carbonyl (C=O) groups excluding carboxylic acids is 1. The second-order valence-electron chi connectivity index (χ2n) is 4.04. The van der Waals surface area contributed by atoms with Gasteiger partial charge in [-0.05, 0) is 12.3 Å². The maximum absolute atomic E-state index is 11.7. The Labute approximate surface area is 88.2 Å². The number of nitrogens with one attached hydrogen (secondary N) is 1. The van der Waals surface area contributed by atoms with Gasteiger partial charge in [-0.1, -0.05) is 20.3 Å². The molecule has 0 unspecified atom stereocenters. The van der Waals surface area contributed by atoms with Gasteiger partial charge < -0.3 is 5.32 Å². The molecule has 0 amide bonds. The average molecular weight is 225 g/mol. The molecule has 0 rings (SSSR count). The van der Waals surface area contributed by atoms with Crippen LogP contribution in [0.4, 0.5) is 13.2 Å². The molecule has 2 nitrogen and oxygen atoms in total. The van der Waals surface area contributed by atoms with Crippen LogP contribution in [0.25, 0.3) is 0 Å². The molecule has 0 saturated carbocycles. The summed E-state index contributed by atoms with van der Waals surface area (Å²) in [5.41, 5.74) is 0. The van der Waals surface area contributed by atoms with Crippen molar-refractivity contribution in [3.05, 3.63) is 0 Å². The van der Waals surface area contributed by atoms with Gasteiger partial charge in [0.1, 0.15) is 5.78 Å². The van der Waals surface area contributed by atoms with Crippen molar-refractivity contribution in [1.82, 2.24) is 5.32 Å². The van der Waals surface area contributed by atoms with Gasteiger partial charge in [0.2, 0.25) is 0 Å². The molecule has 0 atom stereocenters. The average Bonchev–Trinajstić information content (AvgIpc) is 2.00. The first-order valence-electron chi connectivity index (χ1n) is 5.10. The fourth-order valence-corrected chi connectivity index (χ4v) is 1.14. The van der Waals surface area contributed by atoms with Crippen LogP contribution in [-0.4, -0.2) is 25.0 Å². The number of hydrogen-bond donors (Lipinski definition) is 1. The van der Waals surface area contributed by atoms with Gasteiger partial charge in [-0.2, -0.15) is 13.2 Å². The van der Waals surface area contributed by atoms with Crippen LogP contribution in [0.3, 0.4) is 0 Å². The van der Waals surface area contributed by atoms with Gasteiger partial charge >= 0.3 is 6.18 Å². The highest BCUT2D eigenvalue weighted by atomic mass is 19.4. The van der Waals surface area contributed by atoms with Crippen LogP contribution in [-0.2, 0) is 4.79 Å². The molecule has 0 spiro atoms. The number of Topliss-reactive ketones (excluding diaryl/α,β-unsaturated/α-hetero) is 1. The molecule has 0 aromatic rings. The second-order valence-corrected chi connectivity index (χ2v) is 4.04. The van der Waals surface area contributed by atoms with Gasteiger partial charge in [-0.15, -0.1) is 0 Å². The lowest BCUT2D eigenvalue weighted by Crippen LogP contribution is -2.32. The third-order valence-electron chi connectivity index (χ3n) is 1.88. The summed E-state index contributed by atoms with van der Waals surface area (Å²) in [7, 11) is 0. The van der Waals surface area contributed by atoms with Gasteiger partial charge in [0.05, 0.1) is 13.1 Å². The van der Waals surface area contributed by atoms with E-state index in [0.717, 1.165) is 12.8 Å². The van der Waals surface area contributed by atoms with E-state index in [1.54, 1.807) is 0 Å². The number of alkyl halides is 3. The molecule has 15 heavy (non-hydrogen) atoms. The third kappa shape index (κ3) is 11.3. The smallest absolute Gasteiger partial charge is 0.302 e. The molecule has 0 aliphatic heterocycles. The zero-order valence-corrected chi connectivity index (χ0v) is 9.16. The highest BCUT2D eigenvalue weighted by Gasteiger charge is 2.26. The Hall–Kier alpha value is -0.580. The zero-order chi connectivity index (χ0) is 11.9. The van der Waals surface area contributed by atoms with E-state index in [1.807, 2.05) is 13.8 Å². The minimum atomic E-state index is -4.24. The molecule has 0 aliphatic rings. The highest BCUT2D eigenvalue weighted by Crippen LogP contribution is 2.12. The predicted octanol–water partition coefficient (Wildman–Crippen LogP) is 2.53. The number of rotatable bonds is 7. The largest absolute Gasteiger partial charge is 0.401 e. The summed E-state index contributed by atoms with van der Waals surface area (Å²) in [5.74, 6) is 0.376. The summed E-state index contributed by atoms with van der Waals surface area (Å²) in [5, 5.41) is 2.09. The first-order valence-corrected chi connectivity index (χ1v) is 5.10. The quantitative estimate of drug-likeness (QED) is 0.721. The maximum Gasteiger partial charge on any atom is 0.401 e. The first kappa shape index (κ1) is 14.4. The molecule has 0 bridgehead atoms. The van der Waals surface area contributed by atoms with E-state index in [4.69, 9.17) is 0 Å². The third-order valence-corrected chi connectivity index (χ3v) is 1.88. The van der Waals surface area contributed by atoms with Crippen LogP contribution in [0.15, 0.2) is 0 Å². The van der Waals surface area contributed by atoms with Gasteiger partial charge in [0.15, 0.2) is 0 Å². The molecule has 5 heteroatoms. The highest BCUT2D eigenvalue weighted by molar-refractivity contribution is 5.80. The van der Waals surface area contributed by atoms with Gasteiger partial charge in [0, 0.05) is 6.42 Å². The van der Waals surface area contributed by atoms with Crippen molar-refractivity contribution in [3.63, 3.8) is 0 Å². The molecule has 90 valence electrons. The summed E-state index contributed by atoms with van der Waals surface area (Å²) in [6.07, 6.45) is -2.18. The molecule has 0 aliphatic carbocycles. The minimum absolute atomic E-state index is 0.153. The summed E-state index contributed by atoms with van der Waals surface area (Å²) in [6, 6.07) is 0. The van der Waals surface area contributed by atoms with E-state index < -0.39 is 12.7 Å². The van der Waals surface area contributed by atoms with Crippen molar-refractivity contribution in [1.29, 1.82) is 0 Å². The Balaban J connectivity index is 3.42. The molecule has 0 radical (unpaired) electrons. The number of hydrogen-bond acceptors (Lipinski definition) is 2. The molecule has 1 N–H and O–H groups in total. The van der Waals surface area contributed by atoms with Gasteiger partial charge in [-0.25, -0.2) is 0 Å². The van der Waals surface area contributed by atoms with E-state index in [1.165, 1.54) is 0 Å². The monoisotopic (exact) mass is 225 g/mol. The lowest BCUT2D eigenvalue weighted by Gasteiger charge is -2.07. The van der Waals surface area contributed by atoms with Crippen molar-refractivity contribution in [2.24, 2.45) is 5.92 Å². The normalized spacial score (nSPS) is 12.1. The summed E-state index contributed by atoms with van der Waals surface area (Å²) < 4.78 is 35.1. The van der Waals surface area contributed by atoms with Crippen LogP contribution in [0.5, 0.6) is 0 Å². The lowest BCUT2D eigenvalue weighted by molar-refractivity contribution is -0.127. The van der Waals surface area contributed by atoms with E-state index in [9.17, 15) is 18.0 Å². The molecular weight excluding hydrogens is 207 g/mol. The predicted molar refractivity (Wildman–Crippen MR) is 52.6 cm³/mol. The molecular formula is C10H18F3NO. The Kier molecular flexibility index (Phi) is 6.56. The van der Waals surface area contributed by atoms with Crippen LogP contribution >= 0.6 is 0 Å². The van der Waals surface area contributed by atoms with Crippen LogP contribution < -0.4 is 5.32 Å². The Morgan fingerprint density at radius 3 is 2.40 bits per heavy atom. The zero-order valence-electron chi connectivity index (χ0n) is 9.16. The maximum atomic E-state index is 11.7. The summed E-state index contributed by atoms with van der Waals surface area (Å²) in [6.45, 7) is 2.82. The van der Waals surface area contributed by atoms with E-state index in [2.05, 4.69) is 5.32 Å². The van der Waals surface area contributed by atoms with Crippen LogP contribution in [0, 0.1) is 5.92 Å². The lowest BCUT2D eigenvalue weighted by atomic mass is 10.1. The second kappa shape index (κ2) is 6.82. The van der Waals surface area contributed by atoms with E-state index >= 15 is 0 Å². The van der Waals surface area contributed by atoms with E-state index in [0.29, 0.717) is 12.3 Å². The summed E-state index contributed by atoms with van der Waals surface area (Å²) in [4.78, 5) is 11.1. The van der Waals surface area contributed by atoms with E-state index in [-0.39, 0.29) is 12.3 Å². The van der Waals surface area contributed by atoms with Crippen LogP contribution in [0.2, 0.25) is 0 Å². The van der Waals surface area contributed by atoms with Crippen molar-refractivity contribution in [2.75, 3.05) is 13.1 Å². The van der Waals surface area contributed by atoms with Gasteiger partial charge in [-0.3, -0.25) is 4.79 Å². The van der Waals surface area contributed by atoms with Gasteiger partial charge in [0.25, 0.3) is 0 Å². The molecule has 0 saturated heterocycles.